The van der Waals surface area contributed by atoms with Gasteiger partial charge in [0.25, 0.3) is 0 Å². The van der Waals surface area contributed by atoms with E-state index in [0.29, 0.717) is 6.04 Å². The fourth-order valence-electron chi connectivity index (χ4n) is 2.87. The highest BCUT2D eigenvalue weighted by molar-refractivity contribution is 4.81. The maximum Gasteiger partial charge on any atom is 0.0618 e. The monoisotopic (exact) mass is 213 g/mol. The lowest BCUT2D eigenvalue weighted by molar-refractivity contribution is 0.113. The van der Waals surface area contributed by atoms with Crippen molar-refractivity contribution in [1.29, 1.82) is 0 Å². The second kappa shape index (κ2) is 7.24. The Hall–Kier alpha value is -0.0800. The molecule has 0 heterocycles. The molecule has 3 atom stereocenters. The largest absolute Gasteiger partial charge is 0.383 e. The zero-order valence-corrected chi connectivity index (χ0v) is 10.6. The number of ether oxygens (including phenoxy) is 1. The van der Waals surface area contributed by atoms with Gasteiger partial charge in [0.15, 0.2) is 0 Å². The van der Waals surface area contributed by atoms with Crippen molar-refractivity contribution in [3.05, 3.63) is 0 Å². The van der Waals surface area contributed by atoms with Crippen molar-refractivity contribution < 1.29 is 4.74 Å². The van der Waals surface area contributed by atoms with Gasteiger partial charge in [-0.1, -0.05) is 33.1 Å². The minimum absolute atomic E-state index is 0.578. The van der Waals surface area contributed by atoms with E-state index in [1.54, 1.807) is 0 Å². The minimum atomic E-state index is 0.578. The molecular weight excluding hydrogens is 186 g/mol. The molecular formula is C13H27NO. The molecule has 1 N–H and O–H groups in total. The van der Waals surface area contributed by atoms with E-state index in [2.05, 4.69) is 19.2 Å². The summed E-state index contributed by atoms with van der Waals surface area (Å²) < 4.78 is 5.32. The van der Waals surface area contributed by atoms with E-state index in [9.17, 15) is 0 Å². The van der Waals surface area contributed by atoms with E-state index in [0.717, 1.165) is 25.0 Å². The average molecular weight is 213 g/mol. The van der Waals surface area contributed by atoms with Gasteiger partial charge in [-0.15, -0.1) is 0 Å². The molecule has 0 spiro atoms. The Morgan fingerprint density at radius 3 is 2.73 bits per heavy atom. The van der Waals surface area contributed by atoms with Gasteiger partial charge in [-0.25, -0.2) is 0 Å². The highest BCUT2D eigenvalue weighted by Gasteiger charge is 2.26. The third-order valence-corrected chi connectivity index (χ3v) is 3.78. The Balaban J connectivity index is 2.42. The van der Waals surface area contributed by atoms with Gasteiger partial charge in [-0.2, -0.15) is 0 Å². The lowest BCUT2D eigenvalue weighted by Crippen LogP contribution is -2.41. The van der Waals surface area contributed by atoms with Gasteiger partial charge in [0.05, 0.1) is 6.61 Å². The van der Waals surface area contributed by atoms with Crippen molar-refractivity contribution in [3.8, 4) is 0 Å². The average Bonchev–Trinajstić information content (AvgIpc) is 2.29. The van der Waals surface area contributed by atoms with E-state index in [1.807, 2.05) is 7.11 Å². The summed E-state index contributed by atoms with van der Waals surface area (Å²) in [5, 5.41) is 3.57. The topological polar surface area (TPSA) is 21.3 Å². The lowest BCUT2D eigenvalue weighted by Gasteiger charge is -2.34. The highest BCUT2D eigenvalue weighted by Crippen LogP contribution is 2.32. The maximum absolute atomic E-state index is 5.32. The number of likely N-dealkylation sites (N-methyl/N-ethyl adjacent to an activating group) is 1. The van der Waals surface area contributed by atoms with Crippen molar-refractivity contribution in [1.82, 2.24) is 5.32 Å². The van der Waals surface area contributed by atoms with Crippen molar-refractivity contribution in [2.24, 2.45) is 11.8 Å². The Bertz CT molecular complexity index is 155. The van der Waals surface area contributed by atoms with Crippen LogP contribution in [-0.4, -0.2) is 26.3 Å². The molecule has 0 amide bonds. The van der Waals surface area contributed by atoms with Crippen LogP contribution in [0.4, 0.5) is 0 Å². The first-order chi connectivity index (χ1) is 7.31. The van der Waals surface area contributed by atoms with Crippen molar-refractivity contribution in [2.75, 3.05) is 20.3 Å². The first kappa shape index (κ1) is 13.0. The van der Waals surface area contributed by atoms with E-state index in [-0.39, 0.29) is 0 Å². The number of hydrogen-bond acceptors (Lipinski definition) is 2. The predicted molar refractivity (Wildman–Crippen MR) is 65.1 cm³/mol. The molecule has 1 aliphatic carbocycles. The van der Waals surface area contributed by atoms with Gasteiger partial charge in [-0.05, 0) is 31.2 Å². The summed E-state index contributed by atoms with van der Waals surface area (Å²) in [7, 11) is 1.81. The molecule has 1 saturated carbocycles. The fourth-order valence-corrected chi connectivity index (χ4v) is 2.87. The SMILES string of the molecule is CCNC(COC)C1CCCC(CC)C1. The molecule has 3 unspecified atom stereocenters. The molecule has 0 saturated heterocycles. The molecule has 90 valence electrons. The summed E-state index contributed by atoms with van der Waals surface area (Å²) in [6, 6.07) is 0.578. The smallest absolute Gasteiger partial charge is 0.0618 e. The normalized spacial score (nSPS) is 29.0. The van der Waals surface area contributed by atoms with Gasteiger partial charge in [0, 0.05) is 13.2 Å². The Labute approximate surface area is 94.8 Å². The van der Waals surface area contributed by atoms with Gasteiger partial charge >= 0.3 is 0 Å². The standard InChI is InChI=1S/C13H27NO/c1-4-11-7-6-8-12(9-11)13(10-15-3)14-5-2/h11-14H,4-10H2,1-3H3. The van der Waals surface area contributed by atoms with Crippen LogP contribution in [-0.2, 0) is 4.74 Å². The number of rotatable bonds is 6. The van der Waals surface area contributed by atoms with Crippen LogP contribution >= 0.6 is 0 Å². The van der Waals surface area contributed by atoms with Gasteiger partial charge in [-0.3, -0.25) is 0 Å². The molecule has 1 fully saturated rings. The van der Waals surface area contributed by atoms with E-state index < -0.39 is 0 Å². The Morgan fingerprint density at radius 1 is 1.33 bits per heavy atom. The highest BCUT2D eigenvalue weighted by atomic mass is 16.5. The van der Waals surface area contributed by atoms with Crippen molar-refractivity contribution in [3.63, 3.8) is 0 Å². The molecule has 0 radical (unpaired) electrons. The molecule has 0 aromatic carbocycles. The number of nitrogens with one attached hydrogen (secondary N) is 1. The summed E-state index contributed by atoms with van der Waals surface area (Å²) in [4.78, 5) is 0. The van der Waals surface area contributed by atoms with Crippen molar-refractivity contribution in [2.45, 2.75) is 52.0 Å². The van der Waals surface area contributed by atoms with Gasteiger partial charge in [0.1, 0.15) is 0 Å². The van der Waals surface area contributed by atoms with Gasteiger partial charge in [0.2, 0.25) is 0 Å². The molecule has 0 aromatic rings. The van der Waals surface area contributed by atoms with Gasteiger partial charge < -0.3 is 10.1 Å². The molecule has 1 rings (SSSR count). The fraction of sp³-hybridized carbons (Fsp3) is 1.00. The Morgan fingerprint density at radius 2 is 2.13 bits per heavy atom. The van der Waals surface area contributed by atoms with Crippen LogP contribution in [0, 0.1) is 11.8 Å². The summed E-state index contributed by atoms with van der Waals surface area (Å²) >= 11 is 0. The number of hydrogen-bond donors (Lipinski definition) is 1. The van der Waals surface area contributed by atoms with E-state index in [4.69, 9.17) is 4.74 Å². The second-order valence-corrected chi connectivity index (χ2v) is 4.82. The molecule has 0 aromatic heterocycles. The summed E-state index contributed by atoms with van der Waals surface area (Å²) in [5.74, 6) is 1.80. The summed E-state index contributed by atoms with van der Waals surface area (Å²) in [6.07, 6.45) is 6.99. The quantitative estimate of drug-likeness (QED) is 0.732. The molecule has 2 heteroatoms. The minimum Gasteiger partial charge on any atom is -0.383 e. The third-order valence-electron chi connectivity index (χ3n) is 3.78. The van der Waals surface area contributed by atoms with E-state index in [1.165, 1.54) is 32.1 Å². The zero-order chi connectivity index (χ0) is 11.1. The molecule has 15 heavy (non-hydrogen) atoms. The number of methoxy groups -OCH3 is 1. The van der Waals surface area contributed by atoms with Crippen LogP contribution in [0.2, 0.25) is 0 Å². The molecule has 2 nitrogen and oxygen atoms in total. The summed E-state index contributed by atoms with van der Waals surface area (Å²) in [6.45, 7) is 6.44. The van der Waals surface area contributed by atoms with Crippen LogP contribution < -0.4 is 5.32 Å². The second-order valence-electron chi connectivity index (χ2n) is 4.82. The van der Waals surface area contributed by atoms with Crippen LogP contribution in [0.1, 0.15) is 46.0 Å². The van der Waals surface area contributed by atoms with Crippen LogP contribution in [0.15, 0.2) is 0 Å². The first-order valence-electron chi connectivity index (χ1n) is 6.54. The molecule has 0 bridgehead atoms. The maximum atomic E-state index is 5.32. The van der Waals surface area contributed by atoms with Crippen LogP contribution in [0.3, 0.4) is 0 Å². The van der Waals surface area contributed by atoms with Crippen molar-refractivity contribution >= 4 is 0 Å². The first-order valence-corrected chi connectivity index (χ1v) is 6.54. The predicted octanol–water partition coefficient (Wildman–Crippen LogP) is 2.83. The summed E-state index contributed by atoms with van der Waals surface area (Å²) in [5.41, 5.74) is 0. The molecule has 1 aliphatic rings. The van der Waals surface area contributed by atoms with Crippen LogP contribution in [0.25, 0.3) is 0 Å². The molecule has 0 aliphatic heterocycles. The zero-order valence-electron chi connectivity index (χ0n) is 10.6. The third kappa shape index (κ3) is 4.12. The van der Waals surface area contributed by atoms with E-state index >= 15 is 0 Å². The van der Waals surface area contributed by atoms with Crippen LogP contribution in [0.5, 0.6) is 0 Å². The Kier molecular flexibility index (Phi) is 6.26. The lowest BCUT2D eigenvalue weighted by atomic mass is 9.77.